The van der Waals surface area contributed by atoms with E-state index in [2.05, 4.69) is 10.3 Å². The van der Waals surface area contributed by atoms with Gasteiger partial charge in [-0.3, -0.25) is 9.36 Å². The number of carbonyl (C=O) groups is 1. The third kappa shape index (κ3) is 3.96. The molecule has 1 atom stereocenters. The molecule has 1 amide bonds. The molecule has 0 saturated heterocycles. The molecule has 7 heteroatoms. The Labute approximate surface area is 144 Å². The van der Waals surface area contributed by atoms with Crippen LogP contribution in [0.5, 0.6) is 5.75 Å². The van der Waals surface area contributed by atoms with Gasteiger partial charge < -0.3 is 19.9 Å². The quantitative estimate of drug-likeness (QED) is 0.612. The van der Waals surface area contributed by atoms with E-state index in [1.165, 1.54) is 7.11 Å². The van der Waals surface area contributed by atoms with Gasteiger partial charge in [-0.2, -0.15) is 0 Å². The minimum Gasteiger partial charge on any atom is -0.491 e. The molecule has 1 aromatic heterocycles. The number of aliphatic hydroxyl groups excluding tert-OH is 1. The highest BCUT2D eigenvalue weighted by Crippen LogP contribution is 2.23. The second kappa shape index (κ2) is 7.78. The van der Waals surface area contributed by atoms with Crippen LogP contribution in [0, 0.1) is 0 Å². The molecule has 0 spiro atoms. The van der Waals surface area contributed by atoms with Crippen molar-refractivity contribution in [3.8, 4) is 11.4 Å². The Hall–Kier alpha value is -2.90. The van der Waals surface area contributed by atoms with Crippen molar-refractivity contribution in [3.05, 3.63) is 48.8 Å². The molecule has 0 bridgehead atoms. The Balaban J connectivity index is 1.78. The van der Waals surface area contributed by atoms with Crippen molar-refractivity contribution in [2.45, 2.75) is 6.10 Å². The molecule has 0 aliphatic rings. The first-order valence-electron chi connectivity index (χ1n) is 7.79. The summed E-state index contributed by atoms with van der Waals surface area (Å²) in [6, 6.07) is 13.0. The standard InChI is InChI=1S/C18H19N3O4/c1-24-9-15(23)10-25-16-6-7-18-17(8-16)19-11-21(18)14-4-2-13(3-5-14)20-12-22/h2-8,11-12,15,23H,9-10H2,1H3,(H,20,22). The number of imidazole rings is 1. The number of aliphatic hydroxyl groups is 1. The molecule has 7 nitrogen and oxygen atoms in total. The number of hydrogen-bond donors (Lipinski definition) is 2. The highest BCUT2D eigenvalue weighted by Gasteiger charge is 2.08. The number of nitrogens with one attached hydrogen (secondary N) is 1. The van der Waals surface area contributed by atoms with E-state index in [1.807, 2.05) is 47.0 Å². The average molecular weight is 341 g/mol. The second-order valence-electron chi connectivity index (χ2n) is 5.49. The van der Waals surface area contributed by atoms with Gasteiger partial charge in [0.2, 0.25) is 6.41 Å². The maximum Gasteiger partial charge on any atom is 0.211 e. The molecule has 130 valence electrons. The van der Waals surface area contributed by atoms with Gasteiger partial charge >= 0.3 is 0 Å². The van der Waals surface area contributed by atoms with Crippen LogP contribution in [-0.4, -0.2) is 47.5 Å². The number of hydrogen-bond acceptors (Lipinski definition) is 5. The van der Waals surface area contributed by atoms with E-state index in [0.717, 1.165) is 22.4 Å². The molecule has 0 saturated carbocycles. The van der Waals surface area contributed by atoms with Gasteiger partial charge in [-0.1, -0.05) is 0 Å². The van der Waals surface area contributed by atoms with E-state index in [4.69, 9.17) is 9.47 Å². The molecule has 25 heavy (non-hydrogen) atoms. The monoisotopic (exact) mass is 341 g/mol. The third-order valence-electron chi connectivity index (χ3n) is 3.69. The molecular formula is C18H19N3O4. The molecule has 0 radical (unpaired) electrons. The lowest BCUT2D eigenvalue weighted by molar-refractivity contribution is -0.105. The Morgan fingerprint density at radius 3 is 2.76 bits per heavy atom. The van der Waals surface area contributed by atoms with Crippen LogP contribution in [0.4, 0.5) is 5.69 Å². The summed E-state index contributed by atoms with van der Waals surface area (Å²) in [6.07, 6.45) is 1.71. The first kappa shape index (κ1) is 16.9. The Bertz CT molecular complexity index is 845. The van der Waals surface area contributed by atoms with Crippen LogP contribution < -0.4 is 10.1 Å². The van der Waals surface area contributed by atoms with Crippen molar-refractivity contribution < 1.29 is 19.4 Å². The maximum atomic E-state index is 10.5. The Morgan fingerprint density at radius 1 is 1.24 bits per heavy atom. The lowest BCUT2D eigenvalue weighted by Gasteiger charge is -2.11. The van der Waals surface area contributed by atoms with Gasteiger partial charge in [-0.05, 0) is 36.4 Å². The molecule has 3 aromatic rings. The van der Waals surface area contributed by atoms with Gasteiger partial charge in [-0.15, -0.1) is 0 Å². The van der Waals surface area contributed by atoms with E-state index < -0.39 is 6.10 Å². The summed E-state index contributed by atoms with van der Waals surface area (Å²) in [6.45, 7) is 0.386. The van der Waals surface area contributed by atoms with E-state index in [1.54, 1.807) is 6.33 Å². The Morgan fingerprint density at radius 2 is 2.04 bits per heavy atom. The van der Waals surface area contributed by atoms with Gasteiger partial charge in [0.25, 0.3) is 0 Å². The van der Waals surface area contributed by atoms with Crippen molar-refractivity contribution >= 4 is 23.1 Å². The van der Waals surface area contributed by atoms with E-state index in [9.17, 15) is 9.90 Å². The van der Waals surface area contributed by atoms with E-state index in [0.29, 0.717) is 12.2 Å². The second-order valence-corrected chi connectivity index (χ2v) is 5.49. The van der Waals surface area contributed by atoms with Crippen LogP contribution in [0.1, 0.15) is 0 Å². The number of carbonyl (C=O) groups excluding carboxylic acids is 1. The fraction of sp³-hybridized carbons (Fsp3) is 0.222. The summed E-state index contributed by atoms with van der Waals surface area (Å²) in [5, 5.41) is 12.2. The maximum absolute atomic E-state index is 10.5. The zero-order valence-electron chi connectivity index (χ0n) is 13.8. The summed E-state index contributed by atoms with van der Waals surface area (Å²) >= 11 is 0. The van der Waals surface area contributed by atoms with Crippen molar-refractivity contribution in [3.63, 3.8) is 0 Å². The smallest absolute Gasteiger partial charge is 0.211 e. The van der Waals surface area contributed by atoms with Gasteiger partial charge in [0.15, 0.2) is 0 Å². The van der Waals surface area contributed by atoms with Crippen LogP contribution in [0.3, 0.4) is 0 Å². The molecule has 0 aliphatic carbocycles. The van der Waals surface area contributed by atoms with E-state index >= 15 is 0 Å². The molecular weight excluding hydrogens is 322 g/mol. The number of rotatable bonds is 8. The topological polar surface area (TPSA) is 85.6 Å². The Kier molecular flexibility index (Phi) is 5.27. The van der Waals surface area contributed by atoms with Gasteiger partial charge in [-0.25, -0.2) is 4.98 Å². The molecule has 0 aliphatic heterocycles. The average Bonchev–Trinajstić information content (AvgIpc) is 3.04. The SMILES string of the molecule is COCC(O)COc1ccc2c(c1)ncn2-c1ccc(NC=O)cc1. The highest BCUT2D eigenvalue weighted by molar-refractivity contribution is 5.79. The fourth-order valence-electron chi connectivity index (χ4n) is 2.51. The third-order valence-corrected chi connectivity index (χ3v) is 3.69. The summed E-state index contributed by atoms with van der Waals surface area (Å²) in [5.74, 6) is 0.637. The fourth-order valence-corrected chi connectivity index (χ4v) is 2.51. The molecule has 1 heterocycles. The van der Waals surface area contributed by atoms with Crippen molar-refractivity contribution in [2.24, 2.45) is 0 Å². The highest BCUT2D eigenvalue weighted by atomic mass is 16.5. The lowest BCUT2D eigenvalue weighted by atomic mass is 10.2. The van der Waals surface area contributed by atoms with Gasteiger partial charge in [0, 0.05) is 24.6 Å². The number of nitrogens with zero attached hydrogens (tertiary/aromatic N) is 2. The van der Waals surface area contributed by atoms with Gasteiger partial charge in [0.05, 0.1) is 17.6 Å². The first-order chi connectivity index (χ1) is 12.2. The van der Waals surface area contributed by atoms with Crippen LogP contribution >= 0.6 is 0 Å². The molecule has 3 rings (SSSR count). The van der Waals surface area contributed by atoms with Crippen molar-refractivity contribution in [2.75, 3.05) is 25.6 Å². The lowest BCUT2D eigenvalue weighted by Crippen LogP contribution is -2.22. The summed E-state index contributed by atoms with van der Waals surface area (Å²) in [5.41, 5.74) is 3.38. The van der Waals surface area contributed by atoms with Crippen LogP contribution in [-0.2, 0) is 9.53 Å². The van der Waals surface area contributed by atoms with Crippen molar-refractivity contribution in [1.82, 2.24) is 9.55 Å². The number of methoxy groups -OCH3 is 1. The van der Waals surface area contributed by atoms with Crippen molar-refractivity contribution in [1.29, 1.82) is 0 Å². The van der Waals surface area contributed by atoms with Gasteiger partial charge in [0.1, 0.15) is 24.8 Å². The minimum absolute atomic E-state index is 0.158. The van der Waals surface area contributed by atoms with Crippen LogP contribution in [0.2, 0.25) is 0 Å². The summed E-state index contributed by atoms with van der Waals surface area (Å²) in [4.78, 5) is 14.9. The number of amides is 1. The number of benzene rings is 2. The molecule has 2 N–H and O–H groups in total. The normalized spacial score (nSPS) is 12.1. The predicted octanol–water partition coefficient (Wildman–Crippen LogP) is 1.98. The number of fused-ring (bicyclic) bond motifs is 1. The predicted molar refractivity (Wildman–Crippen MR) is 94.1 cm³/mol. The number of aromatic nitrogens is 2. The molecule has 0 fully saturated rings. The largest absolute Gasteiger partial charge is 0.491 e. The molecule has 2 aromatic carbocycles. The zero-order chi connectivity index (χ0) is 17.6. The summed E-state index contributed by atoms with van der Waals surface area (Å²) in [7, 11) is 1.53. The van der Waals surface area contributed by atoms with Crippen LogP contribution in [0.15, 0.2) is 48.8 Å². The number of anilines is 1. The molecule has 1 unspecified atom stereocenters. The summed E-state index contributed by atoms with van der Waals surface area (Å²) < 4.78 is 12.4. The minimum atomic E-state index is -0.670. The zero-order valence-corrected chi connectivity index (χ0v) is 13.8. The number of ether oxygens (including phenoxy) is 2. The van der Waals surface area contributed by atoms with E-state index in [-0.39, 0.29) is 13.2 Å². The first-order valence-corrected chi connectivity index (χ1v) is 7.79. The van der Waals surface area contributed by atoms with Crippen LogP contribution in [0.25, 0.3) is 16.7 Å².